The predicted molar refractivity (Wildman–Crippen MR) is 86.9 cm³/mol. The lowest BCUT2D eigenvalue weighted by atomic mass is 10.2. The van der Waals surface area contributed by atoms with Crippen molar-refractivity contribution in [3.8, 4) is 0 Å². The van der Waals surface area contributed by atoms with Crippen LogP contribution in [0.5, 0.6) is 0 Å². The van der Waals surface area contributed by atoms with E-state index >= 15 is 0 Å². The van der Waals surface area contributed by atoms with E-state index in [9.17, 15) is 18.0 Å². The highest BCUT2D eigenvalue weighted by Crippen LogP contribution is 2.21. The molecule has 1 aromatic carbocycles. The Balaban J connectivity index is 1.71. The standard InChI is InChI=1S/C15H11BrF3N5O/c16-11-8-23(7-9-1-3-10(17)4-2-9)22-13(11)20-14(25)12-5-6-24(21-12)15(18)19/h1-6,8,15H,7H2,(H,20,22,25). The number of nitrogens with zero attached hydrogens (tertiary/aromatic N) is 4. The van der Waals surface area contributed by atoms with Gasteiger partial charge in [0.2, 0.25) is 0 Å². The van der Waals surface area contributed by atoms with Crippen LogP contribution in [0.1, 0.15) is 22.6 Å². The first-order valence-corrected chi connectivity index (χ1v) is 7.84. The first-order chi connectivity index (χ1) is 11.9. The van der Waals surface area contributed by atoms with Crippen LogP contribution in [-0.2, 0) is 6.54 Å². The lowest BCUT2D eigenvalue weighted by Crippen LogP contribution is -2.14. The number of benzene rings is 1. The summed E-state index contributed by atoms with van der Waals surface area (Å²) in [5.74, 6) is -0.771. The fraction of sp³-hybridized carbons (Fsp3) is 0.133. The average molecular weight is 414 g/mol. The second-order valence-electron chi connectivity index (χ2n) is 5.06. The molecule has 0 fully saturated rings. The molecule has 2 heterocycles. The number of nitrogens with one attached hydrogen (secondary N) is 1. The molecule has 0 aliphatic carbocycles. The van der Waals surface area contributed by atoms with Crippen molar-refractivity contribution in [2.45, 2.75) is 13.1 Å². The van der Waals surface area contributed by atoms with Crippen LogP contribution in [0.25, 0.3) is 0 Å². The third-order valence-electron chi connectivity index (χ3n) is 3.25. The van der Waals surface area contributed by atoms with Gasteiger partial charge < -0.3 is 5.32 Å². The maximum Gasteiger partial charge on any atom is 0.333 e. The SMILES string of the molecule is O=C(Nc1nn(Cc2ccc(F)cc2)cc1Br)c1ccn(C(F)F)n1. The topological polar surface area (TPSA) is 64.7 Å². The van der Waals surface area contributed by atoms with Gasteiger partial charge >= 0.3 is 6.55 Å². The molecule has 0 spiro atoms. The number of aromatic nitrogens is 4. The molecule has 0 saturated heterocycles. The molecule has 0 unspecified atom stereocenters. The molecule has 2 aromatic heterocycles. The number of alkyl halides is 2. The van der Waals surface area contributed by atoms with E-state index in [1.165, 1.54) is 18.2 Å². The Kier molecular flexibility index (Phi) is 4.88. The van der Waals surface area contributed by atoms with Crippen molar-refractivity contribution in [2.75, 3.05) is 5.32 Å². The Bertz CT molecular complexity index is 891. The van der Waals surface area contributed by atoms with E-state index in [-0.39, 0.29) is 17.3 Å². The third-order valence-corrected chi connectivity index (χ3v) is 3.83. The summed E-state index contributed by atoms with van der Waals surface area (Å²) in [7, 11) is 0. The van der Waals surface area contributed by atoms with E-state index in [1.807, 2.05) is 0 Å². The number of anilines is 1. The van der Waals surface area contributed by atoms with Gasteiger partial charge in [-0.1, -0.05) is 12.1 Å². The molecule has 25 heavy (non-hydrogen) atoms. The zero-order valence-corrected chi connectivity index (χ0v) is 14.1. The molecule has 0 aliphatic rings. The summed E-state index contributed by atoms with van der Waals surface area (Å²) < 4.78 is 40.3. The average Bonchev–Trinajstić information content (AvgIpc) is 3.17. The lowest BCUT2D eigenvalue weighted by molar-refractivity contribution is 0.0561. The maximum absolute atomic E-state index is 12.9. The van der Waals surface area contributed by atoms with Crippen molar-refractivity contribution in [1.29, 1.82) is 0 Å². The van der Waals surface area contributed by atoms with E-state index < -0.39 is 12.5 Å². The number of amides is 1. The highest BCUT2D eigenvalue weighted by molar-refractivity contribution is 9.10. The van der Waals surface area contributed by atoms with E-state index in [4.69, 9.17) is 0 Å². The van der Waals surface area contributed by atoms with Crippen LogP contribution in [0.4, 0.5) is 19.0 Å². The number of rotatable bonds is 5. The fourth-order valence-electron chi connectivity index (χ4n) is 2.08. The van der Waals surface area contributed by atoms with Gasteiger partial charge in [0, 0.05) is 12.4 Å². The van der Waals surface area contributed by atoms with Crippen LogP contribution in [0.3, 0.4) is 0 Å². The predicted octanol–water partition coefficient (Wildman–Crippen LogP) is 3.68. The van der Waals surface area contributed by atoms with Crippen LogP contribution in [0, 0.1) is 5.82 Å². The van der Waals surface area contributed by atoms with E-state index in [2.05, 4.69) is 31.4 Å². The van der Waals surface area contributed by atoms with Crippen molar-refractivity contribution in [1.82, 2.24) is 19.6 Å². The molecule has 0 bridgehead atoms. The van der Waals surface area contributed by atoms with Crippen LogP contribution in [-0.4, -0.2) is 25.5 Å². The number of carbonyl (C=O) groups excluding carboxylic acids is 1. The van der Waals surface area contributed by atoms with Crippen LogP contribution >= 0.6 is 15.9 Å². The quantitative estimate of drug-likeness (QED) is 0.693. The highest BCUT2D eigenvalue weighted by Gasteiger charge is 2.16. The monoisotopic (exact) mass is 413 g/mol. The van der Waals surface area contributed by atoms with E-state index in [0.717, 1.165) is 11.8 Å². The Morgan fingerprint density at radius 3 is 2.56 bits per heavy atom. The summed E-state index contributed by atoms with van der Waals surface area (Å²) in [5.41, 5.74) is 0.672. The summed E-state index contributed by atoms with van der Waals surface area (Å²) in [5, 5.41) is 10.2. The van der Waals surface area contributed by atoms with Gasteiger partial charge in [-0.25, -0.2) is 9.07 Å². The minimum Gasteiger partial charge on any atom is -0.303 e. The largest absolute Gasteiger partial charge is 0.333 e. The lowest BCUT2D eigenvalue weighted by Gasteiger charge is -2.02. The van der Waals surface area contributed by atoms with Crippen molar-refractivity contribution in [2.24, 2.45) is 0 Å². The van der Waals surface area contributed by atoms with Gasteiger partial charge in [0.1, 0.15) is 5.82 Å². The van der Waals surface area contributed by atoms with Crippen molar-refractivity contribution in [3.63, 3.8) is 0 Å². The Labute approximate surface area is 148 Å². The Hall–Kier alpha value is -2.62. The number of hydrogen-bond donors (Lipinski definition) is 1. The second-order valence-corrected chi connectivity index (χ2v) is 5.92. The van der Waals surface area contributed by atoms with Gasteiger partial charge in [0.05, 0.1) is 11.0 Å². The molecule has 0 radical (unpaired) electrons. The Morgan fingerprint density at radius 1 is 1.20 bits per heavy atom. The Morgan fingerprint density at radius 2 is 1.92 bits per heavy atom. The second kappa shape index (κ2) is 7.09. The molecule has 3 rings (SSSR count). The summed E-state index contributed by atoms with van der Waals surface area (Å²) >= 11 is 3.27. The zero-order valence-electron chi connectivity index (χ0n) is 12.5. The third kappa shape index (κ3) is 4.08. The molecular weight excluding hydrogens is 403 g/mol. The maximum atomic E-state index is 12.9. The van der Waals surface area contributed by atoms with Crippen LogP contribution in [0.15, 0.2) is 47.2 Å². The van der Waals surface area contributed by atoms with Crippen molar-refractivity contribution >= 4 is 27.7 Å². The van der Waals surface area contributed by atoms with Gasteiger partial charge in [0.25, 0.3) is 5.91 Å². The van der Waals surface area contributed by atoms with E-state index in [1.54, 1.807) is 23.0 Å². The smallest absolute Gasteiger partial charge is 0.303 e. The van der Waals surface area contributed by atoms with Crippen molar-refractivity contribution < 1.29 is 18.0 Å². The molecule has 0 saturated carbocycles. The normalized spacial score (nSPS) is 11.1. The van der Waals surface area contributed by atoms with Crippen molar-refractivity contribution in [3.05, 3.63) is 64.3 Å². The highest BCUT2D eigenvalue weighted by atomic mass is 79.9. The first-order valence-electron chi connectivity index (χ1n) is 7.04. The molecule has 6 nitrogen and oxygen atoms in total. The molecule has 1 N–H and O–H groups in total. The number of carbonyl (C=O) groups is 1. The van der Waals surface area contributed by atoms with Gasteiger partial charge in [-0.2, -0.15) is 19.0 Å². The van der Waals surface area contributed by atoms with Gasteiger partial charge in [-0.05, 0) is 39.7 Å². The minimum atomic E-state index is -2.82. The summed E-state index contributed by atoms with van der Waals surface area (Å²) in [6.45, 7) is -2.45. The van der Waals surface area contributed by atoms with Gasteiger partial charge in [-0.3, -0.25) is 9.48 Å². The van der Waals surface area contributed by atoms with Gasteiger partial charge in [-0.15, -0.1) is 0 Å². The molecule has 10 heteroatoms. The van der Waals surface area contributed by atoms with Crippen LogP contribution < -0.4 is 5.32 Å². The molecule has 0 aliphatic heterocycles. The molecule has 130 valence electrons. The molecular formula is C15H11BrF3N5O. The molecule has 1 amide bonds. The minimum absolute atomic E-state index is 0.153. The number of halogens is 4. The summed E-state index contributed by atoms with van der Waals surface area (Å²) in [4.78, 5) is 12.1. The first kappa shape index (κ1) is 17.2. The number of hydrogen-bond acceptors (Lipinski definition) is 3. The van der Waals surface area contributed by atoms with Gasteiger partial charge in [0.15, 0.2) is 11.5 Å². The molecule has 0 atom stereocenters. The van der Waals surface area contributed by atoms with Crippen LogP contribution in [0.2, 0.25) is 0 Å². The molecule has 3 aromatic rings. The fourth-order valence-corrected chi connectivity index (χ4v) is 2.49. The van der Waals surface area contributed by atoms with E-state index in [0.29, 0.717) is 15.7 Å². The summed E-state index contributed by atoms with van der Waals surface area (Å²) in [6.07, 6.45) is 2.65. The zero-order chi connectivity index (χ0) is 18.0. The summed E-state index contributed by atoms with van der Waals surface area (Å²) in [6, 6.07) is 7.12.